The smallest absolute Gasteiger partial charge is 0.329 e. The van der Waals surface area contributed by atoms with Crippen molar-refractivity contribution in [1.29, 1.82) is 0 Å². The average Bonchev–Trinajstić information content (AvgIpc) is 3.39. The van der Waals surface area contributed by atoms with Crippen LogP contribution in [0, 0.1) is 24.2 Å². The Balaban J connectivity index is 1.23. The Kier molecular flexibility index (Phi) is 18.5. The molecular formula is C60H63N2O7P. The molecule has 2 amide bonds. The lowest BCUT2D eigenvalue weighted by atomic mass is 9.77. The summed E-state index contributed by atoms with van der Waals surface area (Å²) in [6.07, 6.45) is 9.70. The molecule has 6 aromatic rings. The summed E-state index contributed by atoms with van der Waals surface area (Å²) in [5, 5.41) is 17.9. The van der Waals surface area contributed by atoms with Gasteiger partial charge in [-0.3, -0.25) is 9.59 Å². The molecule has 6 rings (SSSR count). The number of benzene rings is 6. The molecular weight excluding hydrogens is 892 g/mol. The van der Waals surface area contributed by atoms with Crippen LogP contribution in [0.2, 0.25) is 0 Å². The highest BCUT2D eigenvalue weighted by Crippen LogP contribution is 2.52. The Morgan fingerprint density at radius 2 is 1.21 bits per heavy atom. The molecule has 0 aliphatic carbocycles. The fraction of sp³-hybridized carbons (Fsp3) is 0.250. The van der Waals surface area contributed by atoms with Gasteiger partial charge in [-0.2, -0.15) is 0 Å². The molecule has 0 aromatic heterocycles. The second kappa shape index (κ2) is 24.9. The maximum atomic E-state index is 15.1. The van der Waals surface area contributed by atoms with Crippen LogP contribution in [-0.2, 0) is 29.2 Å². The van der Waals surface area contributed by atoms with Gasteiger partial charge in [0.25, 0.3) is 0 Å². The minimum Gasteiger partial charge on any atom is -0.493 e. The predicted molar refractivity (Wildman–Crippen MR) is 280 cm³/mol. The number of esters is 1. The zero-order valence-corrected chi connectivity index (χ0v) is 41.4. The van der Waals surface area contributed by atoms with Gasteiger partial charge in [0.05, 0.1) is 12.7 Å². The molecule has 10 heteroatoms. The van der Waals surface area contributed by atoms with E-state index in [0.29, 0.717) is 40.3 Å². The van der Waals surface area contributed by atoms with E-state index < -0.39 is 42.8 Å². The topological polar surface area (TPSA) is 131 Å². The molecule has 0 heterocycles. The molecule has 70 heavy (non-hydrogen) atoms. The fourth-order valence-corrected chi connectivity index (χ4v) is 11.3. The number of rotatable bonds is 22. The first-order valence-corrected chi connectivity index (χ1v) is 25.5. The Labute approximate surface area is 413 Å². The van der Waals surface area contributed by atoms with Crippen LogP contribution in [0.5, 0.6) is 5.75 Å². The highest BCUT2D eigenvalue weighted by molar-refractivity contribution is 7.82. The Morgan fingerprint density at radius 1 is 0.714 bits per heavy atom. The van der Waals surface area contributed by atoms with Gasteiger partial charge in [0.1, 0.15) is 23.4 Å². The van der Waals surface area contributed by atoms with Gasteiger partial charge in [-0.15, -0.1) is 6.42 Å². The SMILES string of the molecule is C#C/C=C(\C=C/C)P(=O)(c1ccccc1)c1ccc(C(C)OC(=O)C(CCC(=O)NC(c2ccccc2)(c2ccccc2)c2ccccc2)NC(=O)C(C)CC(C)COc2ccc(C(C)O)cc2)cc1. The van der Waals surface area contributed by atoms with Crippen molar-refractivity contribution >= 4 is 35.5 Å². The molecule has 9 nitrogen and oxygen atoms in total. The van der Waals surface area contributed by atoms with E-state index >= 15 is 4.57 Å². The monoisotopic (exact) mass is 954 g/mol. The molecule has 0 aliphatic rings. The fourth-order valence-electron chi connectivity index (χ4n) is 8.62. The molecule has 3 N–H and O–H groups in total. The van der Waals surface area contributed by atoms with Crippen molar-refractivity contribution in [3.05, 3.63) is 221 Å². The largest absolute Gasteiger partial charge is 0.493 e. The van der Waals surface area contributed by atoms with E-state index in [2.05, 4.69) is 16.6 Å². The first kappa shape index (κ1) is 52.1. The summed E-state index contributed by atoms with van der Waals surface area (Å²) in [5.41, 5.74) is 2.87. The number of hydrogen-bond acceptors (Lipinski definition) is 7. The van der Waals surface area contributed by atoms with E-state index in [0.717, 1.165) is 22.3 Å². The maximum absolute atomic E-state index is 15.1. The third-order valence-electron chi connectivity index (χ3n) is 12.4. The standard InChI is InChI=1S/C60H63N2O7P/c1-7-21-53(22-8-2)70(67,54-29-19-12-20-30-54)55-37-33-48(34-38-55)46(6)69-59(66)56(61-58(65)44(4)41-43(3)42-68-52-35-31-47(32-36-52)45(5)63)39-40-57(64)62-60(49-23-13-9-14-24-49,50-25-15-10-16-26-50)51-27-17-11-18-28-51/h1,8-38,43-46,56,63H,39-42H2,2-6H3,(H,61,65)(H,62,64)/b22-8-,53-21+. The van der Waals surface area contributed by atoms with Crippen molar-refractivity contribution in [1.82, 2.24) is 10.6 Å². The first-order valence-electron chi connectivity index (χ1n) is 23.7. The molecule has 6 atom stereocenters. The zero-order chi connectivity index (χ0) is 50.1. The number of allylic oxidation sites excluding steroid dienone is 4. The van der Waals surface area contributed by atoms with Crippen molar-refractivity contribution < 1.29 is 33.5 Å². The van der Waals surface area contributed by atoms with Crippen molar-refractivity contribution in [3.8, 4) is 18.1 Å². The highest BCUT2D eigenvalue weighted by atomic mass is 31.2. The van der Waals surface area contributed by atoms with Gasteiger partial charge >= 0.3 is 5.97 Å². The lowest BCUT2D eigenvalue weighted by Gasteiger charge is -2.37. The minimum absolute atomic E-state index is 0.0354. The van der Waals surface area contributed by atoms with Crippen LogP contribution in [0.4, 0.5) is 0 Å². The van der Waals surface area contributed by atoms with Gasteiger partial charge in [-0.25, -0.2) is 4.79 Å². The lowest BCUT2D eigenvalue weighted by Crippen LogP contribution is -2.49. The number of nitrogens with one attached hydrogen (secondary N) is 2. The van der Waals surface area contributed by atoms with Crippen LogP contribution in [0.1, 0.15) is 93.9 Å². The van der Waals surface area contributed by atoms with Crippen LogP contribution in [0.25, 0.3) is 0 Å². The first-order chi connectivity index (χ1) is 33.8. The molecule has 360 valence electrons. The van der Waals surface area contributed by atoms with Crippen molar-refractivity contribution in [2.75, 3.05) is 6.61 Å². The molecule has 0 bridgehead atoms. The normalized spacial score (nSPS) is 14.7. The number of carbonyl (C=O) groups is 3. The predicted octanol–water partition coefficient (Wildman–Crippen LogP) is 10.9. The summed E-state index contributed by atoms with van der Waals surface area (Å²) >= 11 is 0. The van der Waals surface area contributed by atoms with Crippen LogP contribution < -0.4 is 26.0 Å². The Bertz CT molecular complexity index is 2690. The van der Waals surface area contributed by atoms with Gasteiger partial charge in [-0.1, -0.05) is 190 Å². The molecule has 0 saturated carbocycles. The van der Waals surface area contributed by atoms with E-state index in [1.807, 2.05) is 147 Å². The number of ether oxygens (including phenoxy) is 2. The molecule has 6 aromatic carbocycles. The van der Waals surface area contributed by atoms with Crippen LogP contribution in [0.3, 0.4) is 0 Å². The van der Waals surface area contributed by atoms with Gasteiger partial charge in [0.2, 0.25) is 11.8 Å². The molecule has 0 radical (unpaired) electrons. The Hall–Kier alpha value is -7.24. The highest BCUT2D eigenvalue weighted by Gasteiger charge is 2.38. The quantitative estimate of drug-likeness (QED) is 0.0203. The van der Waals surface area contributed by atoms with Gasteiger partial charge in [0.15, 0.2) is 7.14 Å². The van der Waals surface area contributed by atoms with Crippen molar-refractivity contribution in [2.24, 2.45) is 11.8 Å². The summed E-state index contributed by atoms with van der Waals surface area (Å²) in [7, 11) is -3.39. The molecule has 6 unspecified atom stereocenters. The maximum Gasteiger partial charge on any atom is 0.329 e. The van der Waals surface area contributed by atoms with E-state index in [-0.39, 0.29) is 30.6 Å². The van der Waals surface area contributed by atoms with E-state index in [4.69, 9.17) is 15.9 Å². The van der Waals surface area contributed by atoms with Gasteiger partial charge in [0, 0.05) is 28.3 Å². The summed E-state index contributed by atoms with van der Waals surface area (Å²) in [6, 6.07) is 51.5. The molecule has 0 aliphatic heterocycles. The Morgan fingerprint density at radius 3 is 1.71 bits per heavy atom. The van der Waals surface area contributed by atoms with Crippen LogP contribution >= 0.6 is 7.14 Å². The summed E-state index contributed by atoms with van der Waals surface area (Å²) in [6.45, 7) is 9.40. The van der Waals surface area contributed by atoms with E-state index in [1.54, 1.807) is 69.3 Å². The molecule has 0 saturated heterocycles. The van der Waals surface area contributed by atoms with E-state index in [9.17, 15) is 19.5 Å². The lowest BCUT2D eigenvalue weighted by molar-refractivity contribution is -0.153. The summed E-state index contributed by atoms with van der Waals surface area (Å²) < 4.78 is 27.2. The summed E-state index contributed by atoms with van der Waals surface area (Å²) in [5.74, 6) is 1.22. The van der Waals surface area contributed by atoms with Crippen LogP contribution in [0.15, 0.2) is 193 Å². The number of aliphatic hydroxyl groups excluding tert-OH is 1. The summed E-state index contributed by atoms with van der Waals surface area (Å²) in [4.78, 5) is 42.8. The number of amides is 2. The second-order valence-corrected chi connectivity index (χ2v) is 20.4. The third kappa shape index (κ3) is 12.9. The number of hydrogen-bond donors (Lipinski definition) is 3. The number of carbonyl (C=O) groups excluding carboxylic acids is 3. The number of aliphatic hydroxyl groups is 1. The molecule has 0 spiro atoms. The van der Waals surface area contributed by atoms with Crippen LogP contribution in [-0.4, -0.2) is 35.5 Å². The second-order valence-electron chi connectivity index (χ2n) is 17.6. The zero-order valence-electron chi connectivity index (χ0n) is 40.5. The molecule has 0 fully saturated rings. The van der Waals surface area contributed by atoms with Gasteiger partial charge < -0.3 is 29.8 Å². The van der Waals surface area contributed by atoms with Gasteiger partial charge in [-0.05, 0) is 85.6 Å². The van der Waals surface area contributed by atoms with Crippen molar-refractivity contribution in [2.45, 2.75) is 77.7 Å². The number of terminal acetylenes is 1. The average molecular weight is 955 g/mol. The van der Waals surface area contributed by atoms with E-state index in [1.165, 1.54) is 6.08 Å². The third-order valence-corrected chi connectivity index (χ3v) is 15.4. The minimum atomic E-state index is -3.39. The van der Waals surface area contributed by atoms with Crippen molar-refractivity contribution in [3.63, 3.8) is 0 Å².